The number of hydrogen-bond donors (Lipinski definition) is 2. The van der Waals surface area contributed by atoms with E-state index in [0.717, 1.165) is 12.8 Å². The molecule has 1 atom stereocenters. The lowest BCUT2D eigenvalue weighted by molar-refractivity contribution is -0.119. The van der Waals surface area contributed by atoms with Crippen LogP contribution in [0.25, 0.3) is 0 Å². The van der Waals surface area contributed by atoms with Crippen molar-refractivity contribution < 1.29 is 9.21 Å². The third kappa shape index (κ3) is 2.57. The third-order valence-electron chi connectivity index (χ3n) is 2.64. The lowest BCUT2D eigenvalue weighted by atomic mass is 10.1. The van der Waals surface area contributed by atoms with Crippen LogP contribution in [0.3, 0.4) is 0 Å². The Labute approximate surface area is 93.6 Å². The van der Waals surface area contributed by atoms with E-state index in [9.17, 15) is 4.79 Å². The molecule has 1 saturated carbocycles. The molecule has 6 heteroatoms. The van der Waals surface area contributed by atoms with Crippen LogP contribution in [0.2, 0.25) is 0 Å². The van der Waals surface area contributed by atoms with Gasteiger partial charge in [0.1, 0.15) is 0 Å². The highest BCUT2D eigenvalue weighted by molar-refractivity contribution is 5.90. The second-order valence-electron chi connectivity index (χ2n) is 4.19. The summed E-state index contributed by atoms with van der Waals surface area (Å²) in [7, 11) is 0. The largest absolute Gasteiger partial charge is 0.408 e. The zero-order chi connectivity index (χ0) is 11.5. The summed E-state index contributed by atoms with van der Waals surface area (Å²) >= 11 is 0. The van der Waals surface area contributed by atoms with Crippen molar-refractivity contribution in [2.45, 2.75) is 32.1 Å². The summed E-state index contributed by atoms with van der Waals surface area (Å²) in [5, 5.41) is 10.3. The topological polar surface area (TPSA) is 94.0 Å². The summed E-state index contributed by atoms with van der Waals surface area (Å²) in [6.45, 7) is 2.31. The summed E-state index contributed by atoms with van der Waals surface area (Å²) in [5.41, 5.74) is 5.38. The van der Waals surface area contributed by atoms with Gasteiger partial charge in [-0.05, 0) is 25.8 Å². The molecule has 3 N–H and O–H groups in total. The van der Waals surface area contributed by atoms with Crippen LogP contribution >= 0.6 is 0 Å². The third-order valence-corrected chi connectivity index (χ3v) is 2.64. The Morgan fingerprint density at radius 3 is 3.00 bits per heavy atom. The monoisotopic (exact) mass is 224 g/mol. The van der Waals surface area contributed by atoms with Gasteiger partial charge in [0.05, 0.1) is 0 Å². The van der Waals surface area contributed by atoms with Crippen molar-refractivity contribution in [1.82, 2.24) is 10.2 Å². The maximum Gasteiger partial charge on any atom is 0.322 e. The number of aromatic nitrogens is 2. The number of amides is 1. The molecule has 16 heavy (non-hydrogen) atoms. The fourth-order valence-electron chi connectivity index (χ4n) is 1.39. The zero-order valence-electron chi connectivity index (χ0n) is 9.27. The van der Waals surface area contributed by atoms with Crippen LogP contribution in [-0.4, -0.2) is 22.6 Å². The van der Waals surface area contributed by atoms with Gasteiger partial charge in [-0.15, -0.1) is 5.10 Å². The quantitative estimate of drug-likeness (QED) is 0.773. The van der Waals surface area contributed by atoms with E-state index in [0.29, 0.717) is 24.8 Å². The van der Waals surface area contributed by atoms with Gasteiger partial charge in [-0.2, -0.15) is 0 Å². The summed E-state index contributed by atoms with van der Waals surface area (Å²) < 4.78 is 5.32. The van der Waals surface area contributed by atoms with Crippen LogP contribution < -0.4 is 11.1 Å². The lowest BCUT2D eigenvalue weighted by Crippen LogP contribution is -2.22. The summed E-state index contributed by atoms with van der Waals surface area (Å²) in [6, 6.07) is 0.191. The summed E-state index contributed by atoms with van der Waals surface area (Å²) in [5.74, 6) is 0.763. The zero-order valence-corrected chi connectivity index (χ0v) is 9.27. The highest BCUT2D eigenvalue weighted by Crippen LogP contribution is 2.39. The van der Waals surface area contributed by atoms with Gasteiger partial charge in [0, 0.05) is 11.8 Å². The minimum absolute atomic E-state index is 0.128. The van der Waals surface area contributed by atoms with Crippen molar-refractivity contribution in [1.29, 1.82) is 0 Å². The highest BCUT2D eigenvalue weighted by Gasteiger charge is 2.29. The molecule has 1 aromatic rings. The molecule has 0 spiro atoms. The molecule has 1 aliphatic carbocycles. The van der Waals surface area contributed by atoms with Gasteiger partial charge in [0.25, 0.3) is 0 Å². The molecule has 1 fully saturated rings. The average Bonchev–Trinajstić information content (AvgIpc) is 3.01. The van der Waals surface area contributed by atoms with E-state index in [-0.39, 0.29) is 17.8 Å². The molecule has 1 amide bonds. The highest BCUT2D eigenvalue weighted by atomic mass is 16.4. The number of nitrogens with zero attached hydrogens (tertiary/aromatic N) is 2. The molecule has 0 bridgehead atoms. The first-order valence-electron chi connectivity index (χ1n) is 5.55. The first-order valence-corrected chi connectivity index (χ1v) is 5.55. The van der Waals surface area contributed by atoms with Crippen LogP contribution in [0.1, 0.15) is 38.0 Å². The average molecular weight is 224 g/mol. The Bertz CT molecular complexity index is 373. The van der Waals surface area contributed by atoms with Crippen molar-refractivity contribution >= 4 is 11.9 Å². The molecule has 1 aromatic heterocycles. The van der Waals surface area contributed by atoms with Crippen molar-refractivity contribution in [2.75, 3.05) is 11.9 Å². The van der Waals surface area contributed by atoms with E-state index >= 15 is 0 Å². The van der Waals surface area contributed by atoms with Gasteiger partial charge < -0.3 is 10.2 Å². The normalized spacial score (nSPS) is 17.1. The van der Waals surface area contributed by atoms with Crippen molar-refractivity contribution in [3.05, 3.63) is 5.89 Å². The number of nitrogens with one attached hydrogen (secondary N) is 1. The fraction of sp³-hybridized carbons (Fsp3) is 0.700. The molecular weight excluding hydrogens is 208 g/mol. The Morgan fingerprint density at radius 2 is 2.38 bits per heavy atom. The first kappa shape index (κ1) is 11.1. The van der Waals surface area contributed by atoms with Gasteiger partial charge in [-0.1, -0.05) is 12.0 Å². The Kier molecular flexibility index (Phi) is 3.19. The van der Waals surface area contributed by atoms with Gasteiger partial charge in [-0.25, -0.2) is 0 Å². The van der Waals surface area contributed by atoms with E-state index in [4.69, 9.17) is 10.2 Å². The number of rotatable bonds is 5. The molecule has 6 nitrogen and oxygen atoms in total. The summed E-state index contributed by atoms with van der Waals surface area (Å²) in [6.07, 6.45) is 2.84. The fourth-order valence-corrected chi connectivity index (χ4v) is 1.39. The van der Waals surface area contributed by atoms with Crippen LogP contribution in [0, 0.1) is 5.92 Å². The molecule has 0 radical (unpaired) electrons. The molecule has 0 saturated heterocycles. The number of carbonyl (C=O) groups is 1. The van der Waals surface area contributed by atoms with Crippen molar-refractivity contribution in [2.24, 2.45) is 11.7 Å². The van der Waals surface area contributed by atoms with Crippen LogP contribution in [0.5, 0.6) is 0 Å². The number of anilines is 1. The molecular formula is C10H16N4O2. The molecule has 0 aromatic carbocycles. The second-order valence-corrected chi connectivity index (χ2v) is 4.19. The molecule has 88 valence electrons. The minimum Gasteiger partial charge on any atom is -0.408 e. The van der Waals surface area contributed by atoms with E-state index in [1.165, 1.54) is 0 Å². The van der Waals surface area contributed by atoms with Crippen LogP contribution in [0.15, 0.2) is 4.42 Å². The molecule has 2 rings (SSSR count). The van der Waals surface area contributed by atoms with Crippen LogP contribution in [-0.2, 0) is 4.79 Å². The predicted octanol–water partition coefficient (Wildman–Crippen LogP) is 0.870. The molecule has 1 heterocycles. The van der Waals surface area contributed by atoms with Gasteiger partial charge in [0.2, 0.25) is 11.8 Å². The molecule has 0 aliphatic heterocycles. The standard InChI is InChI=1S/C10H16N4O2/c1-6(4-5-11)8(15)12-10-14-13-9(16-10)7-2-3-7/h6-7H,2-5,11H2,1H3,(H,12,14,15). The Hall–Kier alpha value is -1.43. The summed E-state index contributed by atoms with van der Waals surface area (Å²) in [4.78, 5) is 11.6. The van der Waals surface area contributed by atoms with E-state index < -0.39 is 0 Å². The smallest absolute Gasteiger partial charge is 0.322 e. The molecule has 1 unspecified atom stereocenters. The Balaban J connectivity index is 1.89. The lowest BCUT2D eigenvalue weighted by Gasteiger charge is -2.07. The number of hydrogen-bond acceptors (Lipinski definition) is 5. The van der Waals surface area contributed by atoms with Gasteiger partial charge in [0.15, 0.2) is 0 Å². The van der Waals surface area contributed by atoms with E-state index in [2.05, 4.69) is 15.5 Å². The first-order chi connectivity index (χ1) is 7.70. The van der Waals surface area contributed by atoms with Crippen LogP contribution in [0.4, 0.5) is 6.01 Å². The van der Waals surface area contributed by atoms with Crippen molar-refractivity contribution in [3.63, 3.8) is 0 Å². The van der Waals surface area contributed by atoms with Gasteiger partial charge in [-0.3, -0.25) is 10.1 Å². The Morgan fingerprint density at radius 1 is 1.62 bits per heavy atom. The predicted molar refractivity (Wildman–Crippen MR) is 57.7 cm³/mol. The maximum absolute atomic E-state index is 11.6. The van der Waals surface area contributed by atoms with Gasteiger partial charge >= 0.3 is 6.01 Å². The second kappa shape index (κ2) is 4.61. The minimum atomic E-state index is -0.138. The van der Waals surface area contributed by atoms with E-state index in [1.807, 2.05) is 6.92 Å². The van der Waals surface area contributed by atoms with E-state index in [1.54, 1.807) is 0 Å². The number of carbonyl (C=O) groups excluding carboxylic acids is 1. The number of nitrogens with two attached hydrogens (primary N) is 1. The SMILES string of the molecule is CC(CCN)C(=O)Nc1nnc(C2CC2)o1. The maximum atomic E-state index is 11.6. The molecule has 1 aliphatic rings. The van der Waals surface area contributed by atoms with Crippen molar-refractivity contribution in [3.8, 4) is 0 Å².